The summed E-state index contributed by atoms with van der Waals surface area (Å²) in [6.45, 7) is 7.66. The number of rotatable bonds is 3. The Kier molecular flexibility index (Phi) is 1.96. The maximum absolute atomic E-state index is 9.54. The second kappa shape index (κ2) is 2.83. The second-order valence-corrected chi connectivity index (χ2v) is 4.87. The fraction of sp³-hybridized carbons (Fsp3) is 0.727. The van der Waals surface area contributed by atoms with Gasteiger partial charge in [0.25, 0.3) is 0 Å². The van der Waals surface area contributed by atoms with E-state index in [2.05, 4.69) is 30.3 Å². The Morgan fingerprint density at radius 2 is 2.21 bits per heavy atom. The molecule has 14 heavy (non-hydrogen) atoms. The summed E-state index contributed by atoms with van der Waals surface area (Å²) >= 11 is 0. The van der Waals surface area contributed by atoms with Crippen LogP contribution in [-0.4, -0.2) is 21.3 Å². The van der Waals surface area contributed by atoms with Crippen LogP contribution in [0.15, 0.2) is 12.5 Å². The van der Waals surface area contributed by atoms with Crippen molar-refractivity contribution in [3.8, 4) is 0 Å². The van der Waals surface area contributed by atoms with Crippen LogP contribution in [0.2, 0.25) is 0 Å². The highest BCUT2D eigenvalue weighted by Gasteiger charge is 2.63. The van der Waals surface area contributed by atoms with Crippen molar-refractivity contribution in [1.29, 1.82) is 0 Å². The molecule has 0 aliphatic heterocycles. The molecule has 1 heterocycles. The normalized spacial score (nSPS) is 29.1. The van der Waals surface area contributed by atoms with Gasteiger partial charge in [0.15, 0.2) is 0 Å². The summed E-state index contributed by atoms with van der Waals surface area (Å²) in [6, 6.07) is 0. The molecule has 0 amide bonds. The van der Waals surface area contributed by atoms with Crippen molar-refractivity contribution in [2.45, 2.75) is 39.2 Å². The summed E-state index contributed by atoms with van der Waals surface area (Å²) in [4.78, 5) is 4.16. The SMILES string of the molecule is CCn1cncc1C1(CO)CC1(C)C. The van der Waals surface area contributed by atoms with E-state index in [-0.39, 0.29) is 17.4 Å². The van der Waals surface area contributed by atoms with Crippen LogP contribution in [0.3, 0.4) is 0 Å². The zero-order valence-electron chi connectivity index (χ0n) is 9.12. The first-order chi connectivity index (χ1) is 6.57. The highest BCUT2D eigenvalue weighted by atomic mass is 16.3. The zero-order valence-corrected chi connectivity index (χ0v) is 9.12. The number of nitrogens with zero attached hydrogens (tertiary/aromatic N) is 2. The Hall–Kier alpha value is -0.830. The van der Waals surface area contributed by atoms with Crippen LogP contribution in [0.5, 0.6) is 0 Å². The van der Waals surface area contributed by atoms with E-state index in [0.29, 0.717) is 0 Å². The largest absolute Gasteiger partial charge is 0.395 e. The maximum atomic E-state index is 9.54. The number of aliphatic hydroxyl groups excluding tert-OH is 1. The molecule has 0 saturated heterocycles. The lowest BCUT2D eigenvalue weighted by Gasteiger charge is -2.19. The number of aliphatic hydroxyl groups is 1. The van der Waals surface area contributed by atoms with Crippen molar-refractivity contribution in [2.24, 2.45) is 5.41 Å². The lowest BCUT2D eigenvalue weighted by Crippen LogP contribution is -2.22. The second-order valence-electron chi connectivity index (χ2n) is 4.87. The third-order valence-electron chi connectivity index (χ3n) is 3.73. The van der Waals surface area contributed by atoms with Crippen LogP contribution in [-0.2, 0) is 12.0 Å². The molecule has 1 aromatic rings. The summed E-state index contributed by atoms with van der Waals surface area (Å²) < 4.78 is 2.13. The molecule has 1 fully saturated rings. The van der Waals surface area contributed by atoms with E-state index in [0.717, 1.165) is 13.0 Å². The van der Waals surface area contributed by atoms with E-state index >= 15 is 0 Å². The lowest BCUT2D eigenvalue weighted by atomic mass is 9.93. The van der Waals surface area contributed by atoms with E-state index in [9.17, 15) is 5.11 Å². The maximum Gasteiger partial charge on any atom is 0.0948 e. The van der Waals surface area contributed by atoms with E-state index in [1.165, 1.54) is 5.69 Å². The molecule has 1 aliphatic rings. The molecule has 78 valence electrons. The summed E-state index contributed by atoms with van der Waals surface area (Å²) in [5, 5.41) is 9.54. The number of aromatic nitrogens is 2. The van der Waals surface area contributed by atoms with Gasteiger partial charge in [-0.25, -0.2) is 4.98 Å². The van der Waals surface area contributed by atoms with Gasteiger partial charge in [0.05, 0.1) is 12.9 Å². The molecule has 0 spiro atoms. The van der Waals surface area contributed by atoms with E-state index < -0.39 is 0 Å². The minimum absolute atomic E-state index is 0.0422. The van der Waals surface area contributed by atoms with E-state index in [1.807, 2.05) is 12.5 Å². The highest BCUT2D eigenvalue weighted by molar-refractivity contribution is 5.31. The van der Waals surface area contributed by atoms with Crippen LogP contribution in [0.25, 0.3) is 0 Å². The monoisotopic (exact) mass is 194 g/mol. The van der Waals surface area contributed by atoms with Gasteiger partial charge in [-0.2, -0.15) is 0 Å². The summed E-state index contributed by atoms with van der Waals surface area (Å²) in [6.07, 6.45) is 4.80. The van der Waals surface area contributed by atoms with Gasteiger partial charge in [0.1, 0.15) is 0 Å². The summed E-state index contributed by atoms with van der Waals surface area (Å²) in [7, 11) is 0. The van der Waals surface area contributed by atoms with Crippen LogP contribution in [0.1, 0.15) is 32.9 Å². The topological polar surface area (TPSA) is 38.0 Å². The van der Waals surface area contributed by atoms with Gasteiger partial charge in [0.2, 0.25) is 0 Å². The van der Waals surface area contributed by atoms with Crippen molar-refractivity contribution in [2.75, 3.05) is 6.61 Å². The molecule has 1 saturated carbocycles. The van der Waals surface area contributed by atoms with E-state index in [4.69, 9.17) is 0 Å². The standard InChI is InChI=1S/C11H18N2O/c1-4-13-8-12-5-9(13)11(7-14)6-10(11,2)3/h5,8,14H,4,6-7H2,1-3H3. The summed E-state index contributed by atoms with van der Waals surface area (Å²) in [5.74, 6) is 0. The molecule has 1 aliphatic carbocycles. The zero-order chi connectivity index (χ0) is 10.4. The first-order valence-electron chi connectivity index (χ1n) is 5.19. The van der Waals surface area contributed by atoms with Crippen LogP contribution < -0.4 is 0 Å². The number of hydrogen-bond acceptors (Lipinski definition) is 2. The van der Waals surface area contributed by atoms with Gasteiger partial charge in [-0.3, -0.25) is 0 Å². The van der Waals surface area contributed by atoms with Gasteiger partial charge < -0.3 is 9.67 Å². The number of hydrogen-bond donors (Lipinski definition) is 1. The molecule has 1 unspecified atom stereocenters. The first kappa shape index (κ1) is 9.71. The van der Waals surface area contributed by atoms with Crippen molar-refractivity contribution in [3.05, 3.63) is 18.2 Å². The minimum atomic E-state index is -0.0422. The van der Waals surface area contributed by atoms with Crippen molar-refractivity contribution in [3.63, 3.8) is 0 Å². The molecule has 3 nitrogen and oxygen atoms in total. The first-order valence-corrected chi connectivity index (χ1v) is 5.19. The van der Waals surface area contributed by atoms with Gasteiger partial charge >= 0.3 is 0 Å². The Morgan fingerprint density at radius 3 is 2.64 bits per heavy atom. The Morgan fingerprint density at radius 1 is 1.57 bits per heavy atom. The third-order valence-corrected chi connectivity index (χ3v) is 3.73. The predicted octanol–water partition coefficient (Wildman–Crippen LogP) is 1.56. The van der Waals surface area contributed by atoms with Crippen molar-refractivity contribution >= 4 is 0 Å². The number of imidazole rings is 1. The molecule has 1 atom stereocenters. The molecule has 3 heteroatoms. The Balaban J connectivity index is 2.40. The molecular weight excluding hydrogens is 176 g/mol. The van der Waals surface area contributed by atoms with Crippen LogP contribution >= 0.6 is 0 Å². The average Bonchev–Trinajstić information content (AvgIpc) is 2.56. The van der Waals surface area contributed by atoms with Gasteiger partial charge in [-0.05, 0) is 18.8 Å². The molecular formula is C11H18N2O. The molecule has 0 radical (unpaired) electrons. The quantitative estimate of drug-likeness (QED) is 0.793. The molecule has 0 bridgehead atoms. The summed E-state index contributed by atoms with van der Waals surface area (Å²) in [5.41, 5.74) is 1.36. The highest BCUT2D eigenvalue weighted by Crippen LogP contribution is 2.63. The Bertz CT molecular complexity index is 343. The third kappa shape index (κ3) is 1.05. The fourth-order valence-corrected chi connectivity index (χ4v) is 2.47. The number of aryl methyl sites for hydroxylation is 1. The van der Waals surface area contributed by atoms with Gasteiger partial charge in [0, 0.05) is 23.9 Å². The van der Waals surface area contributed by atoms with Gasteiger partial charge in [-0.1, -0.05) is 13.8 Å². The van der Waals surface area contributed by atoms with Crippen LogP contribution in [0.4, 0.5) is 0 Å². The molecule has 1 aromatic heterocycles. The Labute approximate surface area is 84.8 Å². The smallest absolute Gasteiger partial charge is 0.0948 e. The molecule has 0 aromatic carbocycles. The van der Waals surface area contributed by atoms with Gasteiger partial charge in [-0.15, -0.1) is 0 Å². The van der Waals surface area contributed by atoms with Crippen molar-refractivity contribution < 1.29 is 5.11 Å². The predicted molar refractivity (Wildman–Crippen MR) is 55.1 cm³/mol. The lowest BCUT2D eigenvalue weighted by molar-refractivity contribution is 0.225. The molecule has 2 rings (SSSR count). The minimum Gasteiger partial charge on any atom is -0.395 e. The van der Waals surface area contributed by atoms with E-state index in [1.54, 1.807) is 0 Å². The van der Waals surface area contributed by atoms with Crippen LogP contribution in [0, 0.1) is 5.41 Å². The van der Waals surface area contributed by atoms with Crippen molar-refractivity contribution in [1.82, 2.24) is 9.55 Å². The fourth-order valence-electron chi connectivity index (χ4n) is 2.47. The molecule has 1 N–H and O–H groups in total. The average molecular weight is 194 g/mol.